The fourth-order valence-electron chi connectivity index (χ4n) is 8.54. The number of unbranched alkanes of at least 4 members (excludes halogenated alkanes) is 1. The Morgan fingerprint density at radius 1 is 0.440 bits per heavy atom. The molecule has 35 nitrogen and oxygen atoms in total. The number of hydrogen-bond donors (Lipinski definition) is 20. The molecule has 0 aromatic heterocycles. The van der Waals surface area contributed by atoms with Crippen molar-refractivity contribution in [1.82, 2.24) is 58.5 Å². The van der Waals surface area contributed by atoms with Crippen LogP contribution in [-0.2, 0) is 71.9 Å². The Balaban J connectivity index is 6.49. The van der Waals surface area contributed by atoms with Gasteiger partial charge in [-0.3, -0.25) is 67.1 Å². The van der Waals surface area contributed by atoms with E-state index in [9.17, 15) is 97.5 Å². The van der Waals surface area contributed by atoms with E-state index in [1.54, 1.807) is 55.4 Å². The zero-order chi connectivity index (χ0) is 70.0. The molecular formula is C56H99N15O20. The normalized spacial score (nSPS) is 15.8. The van der Waals surface area contributed by atoms with E-state index in [0.717, 1.165) is 0 Å². The van der Waals surface area contributed by atoms with Crippen molar-refractivity contribution in [3.05, 3.63) is 0 Å². The van der Waals surface area contributed by atoms with E-state index in [1.165, 1.54) is 6.92 Å². The van der Waals surface area contributed by atoms with Gasteiger partial charge in [-0.05, 0) is 75.7 Å². The van der Waals surface area contributed by atoms with Crippen LogP contribution in [0.5, 0.6) is 0 Å². The van der Waals surface area contributed by atoms with Gasteiger partial charge in [0.2, 0.25) is 76.8 Å². The van der Waals surface area contributed by atoms with Gasteiger partial charge in [0.25, 0.3) is 0 Å². The molecule has 0 saturated heterocycles. The minimum Gasteiger partial charge on any atom is -0.481 e. The van der Waals surface area contributed by atoms with Gasteiger partial charge in [0.15, 0.2) is 0 Å². The molecule has 0 aliphatic carbocycles. The number of nitrogens with two attached hydrogens (primary N) is 4. The lowest BCUT2D eigenvalue weighted by molar-refractivity contribution is -0.143. The molecule has 91 heavy (non-hydrogen) atoms. The number of aliphatic carboxylic acids is 2. The Labute approximate surface area is 528 Å². The molecule has 0 rings (SSSR count). The van der Waals surface area contributed by atoms with Crippen LogP contribution in [0.3, 0.4) is 0 Å². The molecule has 0 saturated carbocycles. The molecule has 2 unspecified atom stereocenters. The molecule has 14 atom stereocenters. The Bertz CT molecular complexity index is 2490. The predicted octanol–water partition coefficient (Wildman–Crippen LogP) is -6.95. The number of carbonyl (C=O) groups excluding carboxylic acids is 13. The monoisotopic (exact) mass is 1300 g/mol. The van der Waals surface area contributed by atoms with Gasteiger partial charge < -0.3 is 107 Å². The van der Waals surface area contributed by atoms with Crippen LogP contribution in [0.2, 0.25) is 0 Å². The van der Waals surface area contributed by atoms with Crippen molar-refractivity contribution < 1.29 is 97.5 Å². The molecule has 0 aliphatic rings. The fourth-order valence-corrected chi connectivity index (χ4v) is 8.54. The quantitative estimate of drug-likeness (QED) is 0.0252. The molecule has 0 aromatic carbocycles. The lowest BCUT2D eigenvalue weighted by Gasteiger charge is -2.28. The summed E-state index contributed by atoms with van der Waals surface area (Å²) >= 11 is 0. The van der Waals surface area contributed by atoms with E-state index in [2.05, 4.69) is 58.5 Å². The van der Waals surface area contributed by atoms with Crippen molar-refractivity contribution in [1.29, 1.82) is 0 Å². The van der Waals surface area contributed by atoms with Gasteiger partial charge in [0.05, 0.1) is 38.3 Å². The van der Waals surface area contributed by atoms with Gasteiger partial charge in [-0.25, -0.2) is 4.79 Å². The van der Waals surface area contributed by atoms with Crippen LogP contribution in [0.15, 0.2) is 0 Å². The smallest absolute Gasteiger partial charge is 0.326 e. The maximum absolute atomic E-state index is 13.9. The van der Waals surface area contributed by atoms with Crippen molar-refractivity contribution in [3.8, 4) is 0 Å². The number of carboxylic acid groups (broad SMARTS) is 2. The molecule has 0 radical (unpaired) electrons. The highest BCUT2D eigenvalue weighted by Crippen LogP contribution is 2.14. The second-order valence-corrected chi connectivity index (χ2v) is 23.1. The summed E-state index contributed by atoms with van der Waals surface area (Å²) < 4.78 is 0. The molecule has 0 spiro atoms. The van der Waals surface area contributed by atoms with E-state index in [0.29, 0.717) is 19.3 Å². The van der Waals surface area contributed by atoms with E-state index in [4.69, 9.17) is 22.9 Å². The van der Waals surface area contributed by atoms with Crippen molar-refractivity contribution in [2.45, 2.75) is 212 Å². The summed E-state index contributed by atoms with van der Waals surface area (Å²) in [6, 6.07) is -17.2. The topological polar surface area (TPSA) is 594 Å². The number of hydrogen-bond acceptors (Lipinski definition) is 20. The Morgan fingerprint density at radius 3 is 1.27 bits per heavy atom. The average Bonchev–Trinajstić information content (AvgIpc) is 1.55. The number of carboxylic acids is 2. The number of aliphatic hydroxyl groups is 3. The predicted molar refractivity (Wildman–Crippen MR) is 324 cm³/mol. The summed E-state index contributed by atoms with van der Waals surface area (Å²) in [5, 5.41) is 75.8. The highest BCUT2D eigenvalue weighted by molar-refractivity contribution is 6.00. The molecule has 0 fully saturated rings. The lowest BCUT2D eigenvalue weighted by Crippen LogP contribution is -2.61. The molecule has 0 aliphatic heterocycles. The molecule has 0 aromatic rings. The summed E-state index contributed by atoms with van der Waals surface area (Å²) in [4.78, 5) is 197. The second kappa shape index (κ2) is 42.8. The first-order valence-corrected chi connectivity index (χ1v) is 30.2. The number of carbonyl (C=O) groups is 15. The zero-order valence-electron chi connectivity index (χ0n) is 53.2. The standard InChI is InChI=1S/C56H99N15O20/c1-10-28(7)44(70-47(81)31(15-17-39(58)75)63-50(84)36(22-40(59)76)67-53(87)43(60)27(5)6)54(88)61-23-41(77)62-35(21-30(9)74)49(83)66-34(20-26(3)4)48(82)69-37(24-72)51(85)64-32(16-18-42(78)79)46(80)68-38(25-73)52(86)71-45(29(8)11-2)55(89)65-33(56(90)91)14-12-13-19-57/h26-38,43-45,72-74H,10-25,57,60H2,1-9H3,(H2,58,75)(H2,59,76)(H,61,88)(H,62,77)(H,63,84)(H,64,85)(H,65,89)(H,66,83)(H,67,87)(H,68,80)(H,69,82)(H,70,81)(H,71,86)(H,78,79)(H,90,91)/t28?,29?,30-,31+,32+,33+,34+,35+,36+,37+,38+,43+,44+,45+/m1/s1. The fraction of sp³-hybridized carbons (Fsp3) is 0.732. The molecular weight excluding hydrogens is 1200 g/mol. The Morgan fingerprint density at radius 2 is 0.846 bits per heavy atom. The number of nitrogens with one attached hydrogen (secondary N) is 11. The van der Waals surface area contributed by atoms with Crippen LogP contribution < -0.4 is 81.4 Å². The summed E-state index contributed by atoms with van der Waals surface area (Å²) in [7, 11) is 0. The highest BCUT2D eigenvalue weighted by Gasteiger charge is 2.38. The van der Waals surface area contributed by atoms with Gasteiger partial charge in [-0.2, -0.15) is 0 Å². The maximum Gasteiger partial charge on any atom is 0.326 e. The van der Waals surface area contributed by atoms with E-state index in [-0.39, 0.29) is 37.6 Å². The largest absolute Gasteiger partial charge is 0.481 e. The third-order valence-electron chi connectivity index (χ3n) is 14.4. The van der Waals surface area contributed by atoms with Crippen LogP contribution >= 0.6 is 0 Å². The third kappa shape index (κ3) is 31.9. The lowest BCUT2D eigenvalue weighted by atomic mass is 9.97. The molecule has 24 N–H and O–H groups in total. The van der Waals surface area contributed by atoms with Crippen molar-refractivity contribution >= 4 is 88.7 Å². The van der Waals surface area contributed by atoms with E-state index in [1.807, 2.05) is 0 Å². The van der Waals surface area contributed by atoms with Crippen molar-refractivity contribution in [3.63, 3.8) is 0 Å². The summed E-state index contributed by atoms with van der Waals surface area (Å²) in [6.45, 7) is 11.5. The molecule has 0 bridgehead atoms. The second-order valence-electron chi connectivity index (χ2n) is 23.1. The highest BCUT2D eigenvalue weighted by atomic mass is 16.4. The van der Waals surface area contributed by atoms with Crippen LogP contribution in [0.1, 0.15) is 139 Å². The van der Waals surface area contributed by atoms with E-state index >= 15 is 0 Å². The van der Waals surface area contributed by atoms with Crippen molar-refractivity contribution in [2.75, 3.05) is 26.3 Å². The van der Waals surface area contributed by atoms with Gasteiger partial charge in [0, 0.05) is 19.3 Å². The Hall–Kier alpha value is -8.15. The van der Waals surface area contributed by atoms with Crippen LogP contribution in [-0.4, -0.2) is 213 Å². The average molecular weight is 1300 g/mol. The molecule has 35 heteroatoms. The SMILES string of the molecule is CCC(C)[C@H](NC(=O)[C@H](CCC(N)=O)NC(=O)[C@H](CC(N)=O)NC(=O)[C@@H](N)C(C)C)C(=O)NCC(=O)N[C@@H](C[C@@H](C)O)C(=O)N[C@@H](CC(C)C)C(=O)N[C@@H](CO)C(=O)N[C@@H](CCC(=O)O)C(=O)N[C@@H](CO)C(=O)N[C@H](C(=O)N[C@@H](CCCCN)C(=O)O)C(C)CC. The minimum absolute atomic E-state index is 0.0223. The first-order valence-electron chi connectivity index (χ1n) is 30.2. The first kappa shape index (κ1) is 82.8. The number of amides is 13. The van der Waals surface area contributed by atoms with Gasteiger partial charge in [-0.1, -0.05) is 68.2 Å². The maximum atomic E-state index is 13.9. The number of primary amides is 2. The Kier molecular flexibility index (Phi) is 38.9. The van der Waals surface area contributed by atoms with Crippen LogP contribution in [0.25, 0.3) is 0 Å². The van der Waals surface area contributed by atoms with Crippen molar-refractivity contribution in [2.24, 2.45) is 46.6 Å². The minimum atomic E-state index is -1.91. The van der Waals surface area contributed by atoms with Gasteiger partial charge in [-0.15, -0.1) is 0 Å². The number of aliphatic hydroxyl groups excluding tert-OH is 3. The summed E-state index contributed by atoms with van der Waals surface area (Å²) in [5.74, 6) is -18.3. The van der Waals surface area contributed by atoms with Crippen LogP contribution in [0, 0.1) is 23.7 Å². The summed E-state index contributed by atoms with van der Waals surface area (Å²) in [5.41, 5.74) is 22.0. The molecule has 13 amide bonds. The van der Waals surface area contributed by atoms with Crippen LogP contribution in [0.4, 0.5) is 0 Å². The summed E-state index contributed by atoms with van der Waals surface area (Å²) in [6.07, 6.45) is -3.53. The number of rotatable bonds is 46. The molecule has 518 valence electrons. The molecule has 0 heterocycles. The first-order chi connectivity index (χ1) is 42.5. The zero-order valence-corrected chi connectivity index (χ0v) is 53.2. The van der Waals surface area contributed by atoms with Gasteiger partial charge in [0.1, 0.15) is 60.4 Å². The van der Waals surface area contributed by atoms with E-state index < -0.39 is 231 Å². The van der Waals surface area contributed by atoms with Gasteiger partial charge >= 0.3 is 11.9 Å². The third-order valence-corrected chi connectivity index (χ3v) is 14.4.